The molecule has 0 bridgehead atoms. The molecule has 1 aromatic rings. The van der Waals surface area contributed by atoms with Crippen LogP contribution >= 0.6 is 11.6 Å². The minimum absolute atomic E-state index is 0.185. The van der Waals surface area contributed by atoms with Crippen molar-refractivity contribution in [3.8, 4) is 0 Å². The third kappa shape index (κ3) is 3.48. The lowest BCUT2D eigenvalue weighted by Gasteiger charge is -2.25. The average molecular weight is 242 g/mol. The molecule has 0 spiro atoms. The second kappa shape index (κ2) is 6.24. The summed E-state index contributed by atoms with van der Waals surface area (Å²) in [5, 5.41) is 4.28. The zero-order valence-electron chi connectivity index (χ0n) is 10.3. The van der Waals surface area contributed by atoms with Gasteiger partial charge in [-0.3, -0.25) is 0 Å². The Morgan fingerprint density at radius 1 is 1.19 bits per heavy atom. The first kappa shape index (κ1) is 13.5. The summed E-state index contributed by atoms with van der Waals surface area (Å²) in [6, 6.07) is 8.42. The molecule has 0 aliphatic heterocycles. The normalized spacial score (nSPS) is 16.8. The molecule has 0 amide bonds. The fourth-order valence-corrected chi connectivity index (χ4v) is 1.95. The smallest absolute Gasteiger partial charge is 0.0693 e. The number of ether oxygens (including phenoxy) is 1. The van der Waals surface area contributed by atoms with Crippen LogP contribution in [0.5, 0.6) is 0 Å². The largest absolute Gasteiger partial charge is 0.380 e. The van der Waals surface area contributed by atoms with Crippen LogP contribution in [0.3, 0.4) is 0 Å². The molecule has 0 fully saturated rings. The standard InChI is InChI=1S/C13H20ClNO/c1-9(11(3)16-4)15-10(2)12-7-5-6-8-13(12)14/h5-11,15H,1-4H3/t9?,10-,11?/m1/s1. The van der Waals surface area contributed by atoms with Crippen molar-refractivity contribution in [2.75, 3.05) is 7.11 Å². The lowest BCUT2D eigenvalue weighted by molar-refractivity contribution is 0.0852. The highest BCUT2D eigenvalue weighted by atomic mass is 35.5. The van der Waals surface area contributed by atoms with Crippen LogP contribution in [-0.2, 0) is 4.74 Å². The second-order valence-electron chi connectivity index (χ2n) is 4.14. The number of hydrogen-bond acceptors (Lipinski definition) is 2. The van der Waals surface area contributed by atoms with Crippen LogP contribution in [-0.4, -0.2) is 19.3 Å². The summed E-state index contributed by atoms with van der Waals surface area (Å²) in [6.45, 7) is 6.28. The highest BCUT2D eigenvalue weighted by Crippen LogP contribution is 2.22. The van der Waals surface area contributed by atoms with Gasteiger partial charge in [-0.1, -0.05) is 29.8 Å². The highest BCUT2D eigenvalue weighted by Gasteiger charge is 2.16. The van der Waals surface area contributed by atoms with E-state index in [1.54, 1.807) is 7.11 Å². The quantitative estimate of drug-likeness (QED) is 0.853. The zero-order valence-corrected chi connectivity index (χ0v) is 11.1. The van der Waals surface area contributed by atoms with Crippen molar-refractivity contribution < 1.29 is 4.74 Å². The summed E-state index contributed by atoms with van der Waals surface area (Å²) in [5.41, 5.74) is 1.12. The van der Waals surface area contributed by atoms with Gasteiger partial charge in [-0.15, -0.1) is 0 Å². The zero-order chi connectivity index (χ0) is 12.1. The molecule has 0 radical (unpaired) electrons. The Balaban J connectivity index is 2.65. The summed E-state index contributed by atoms with van der Waals surface area (Å²) in [7, 11) is 1.73. The van der Waals surface area contributed by atoms with Gasteiger partial charge in [0.15, 0.2) is 0 Å². The predicted octanol–water partition coefficient (Wildman–Crippen LogP) is 3.41. The van der Waals surface area contributed by atoms with E-state index in [0.717, 1.165) is 10.6 Å². The Hall–Kier alpha value is -0.570. The Bertz CT molecular complexity index is 329. The Labute approximate surface area is 103 Å². The van der Waals surface area contributed by atoms with Gasteiger partial charge in [0.05, 0.1) is 6.10 Å². The molecule has 2 unspecified atom stereocenters. The number of hydrogen-bond donors (Lipinski definition) is 1. The van der Waals surface area contributed by atoms with E-state index in [1.165, 1.54) is 0 Å². The van der Waals surface area contributed by atoms with Crippen molar-refractivity contribution in [3.63, 3.8) is 0 Å². The van der Waals surface area contributed by atoms with Crippen LogP contribution in [0, 0.1) is 0 Å². The maximum absolute atomic E-state index is 6.14. The molecular weight excluding hydrogens is 222 g/mol. The number of rotatable bonds is 5. The minimum Gasteiger partial charge on any atom is -0.380 e. The van der Waals surface area contributed by atoms with Gasteiger partial charge in [0, 0.05) is 24.2 Å². The van der Waals surface area contributed by atoms with Crippen LogP contribution in [0.25, 0.3) is 0 Å². The Morgan fingerprint density at radius 2 is 1.81 bits per heavy atom. The second-order valence-corrected chi connectivity index (χ2v) is 4.55. The van der Waals surface area contributed by atoms with Crippen molar-refractivity contribution in [3.05, 3.63) is 34.9 Å². The SMILES string of the molecule is COC(C)C(C)N[C@H](C)c1ccccc1Cl. The predicted molar refractivity (Wildman–Crippen MR) is 68.9 cm³/mol. The lowest BCUT2D eigenvalue weighted by atomic mass is 10.1. The molecule has 3 heteroatoms. The van der Waals surface area contributed by atoms with Crippen molar-refractivity contribution >= 4 is 11.6 Å². The molecule has 0 saturated heterocycles. The number of nitrogens with one attached hydrogen (secondary N) is 1. The molecule has 1 N–H and O–H groups in total. The van der Waals surface area contributed by atoms with Crippen LogP contribution in [0.1, 0.15) is 32.4 Å². The number of benzene rings is 1. The molecule has 0 aliphatic carbocycles. The summed E-state index contributed by atoms with van der Waals surface area (Å²) in [5.74, 6) is 0. The summed E-state index contributed by atoms with van der Waals surface area (Å²) in [6.07, 6.45) is 0.185. The fourth-order valence-electron chi connectivity index (χ4n) is 1.65. The van der Waals surface area contributed by atoms with Crippen molar-refractivity contribution in [2.24, 2.45) is 0 Å². The molecule has 0 aromatic heterocycles. The molecule has 1 rings (SSSR count). The van der Waals surface area contributed by atoms with Crippen LogP contribution in [0.2, 0.25) is 5.02 Å². The van der Waals surface area contributed by atoms with Crippen LogP contribution < -0.4 is 5.32 Å². The maximum Gasteiger partial charge on any atom is 0.0693 e. The molecule has 2 nitrogen and oxygen atoms in total. The molecule has 1 aromatic carbocycles. The first-order valence-corrected chi connectivity index (χ1v) is 5.97. The van der Waals surface area contributed by atoms with Crippen LogP contribution in [0.15, 0.2) is 24.3 Å². The van der Waals surface area contributed by atoms with E-state index < -0.39 is 0 Å². The van der Waals surface area contributed by atoms with Crippen molar-refractivity contribution in [2.45, 2.75) is 39.0 Å². The van der Waals surface area contributed by atoms with Gasteiger partial charge in [0.1, 0.15) is 0 Å². The third-order valence-electron chi connectivity index (χ3n) is 2.96. The Morgan fingerprint density at radius 3 is 2.38 bits per heavy atom. The molecule has 0 saturated carbocycles. The maximum atomic E-state index is 6.14. The van der Waals surface area contributed by atoms with Crippen molar-refractivity contribution in [1.29, 1.82) is 0 Å². The molecule has 0 aliphatic rings. The van der Waals surface area contributed by atoms with E-state index in [-0.39, 0.29) is 18.2 Å². The first-order chi connectivity index (χ1) is 7.56. The average Bonchev–Trinajstić information content (AvgIpc) is 2.28. The first-order valence-electron chi connectivity index (χ1n) is 5.59. The summed E-state index contributed by atoms with van der Waals surface area (Å²) >= 11 is 6.14. The van der Waals surface area contributed by atoms with Gasteiger partial charge in [-0.25, -0.2) is 0 Å². The van der Waals surface area contributed by atoms with E-state index in [4.69, 9.17) is 16.3 Å². The Kier molecular flexibility index (Phi) is 5.26. The highest BCUT2D eigenvalue weighted by molar-refractivity contribution is 6.31. The summed E-state index contributed by atoms with van der Waals surface area (Å²) < 4.78 is 5.28. The van der Waals surface area contributed by atoms with E-state index in [0.29, 0.717) is 0 Å². The van der Waals surface area contributed by atoms with E-state index in [9.17, 15) is 0 Å². The van der Waals surface area contributed by atoms with Crippen LogP contribution in [0.4, 0.5) is 0 Å². The molecular formula is C13H20ClNO. The number of methoxy groups -OCH3 is 1. The van der Waals surface area contributed by atoms with Gasteiger partial charge in [-0.05, 0) is 32.4 Å². The van der Waals surface area contributed by atoms with Gasteiger partial charge in [0.25, 0.3) is 0 Å². The van der Waals surface area contributed by atoms with Gasteiger partial charge in [0.2, 0.25) is 0 Å². The number of halogens is 1. The third-order valence-corrected chi connectivity index (χ3v) is 3.30. The molecule has 3 atom stereocenters. The van der Waals surface area contributed by atoms with E-state index in [2.05, 4.69) is 26.1 Å². The topological polar surface area (TPSA) is 21.3 Å². The molecule has 0 heterocycles. The van der Waals surface area contributed by atoms with Crippen molar-refractivity contribution in [1.82, 2.24) is 5.32 Å². The molecule has 90 valence electrons. The van der Waals surface area contributed by atoms with Gasteiger partial charge in [-0.2, -0.15) is 0 Å². The summed E-state index contributed by atoms with van der Waals surface area (Å²) in [4.78, 5) is 0. The van der Waals surface area contributed by atoms with E-state index >= 15 is 0 Å². The fraction of sp³-hybridized carbons (Fsp3) is 0.538. The van der Waals surface area contributed by atoms with E-state index in [1.807, 2.05) is 24.3 Å². The monoisotopic (exact) mass is 241 g/mol. The van der Waals surface area contributed by atoms with Gasteiger partial charge < -0.3 is 10.1 Å². The minimum atomic E-state index is 0.185. The molecule has 16 heavy (non-hydrogen) atoms. The lowest BCUT2D eigenvalue weighted by Crippen LogP contribution is -2.38. The van der Waals surface area contributed by atoms with Gasteiger partial charge >= 0.3 is 0 Å².